The van der Waals surface area contributed by atoms with Crippen molar-refractivity contribution in [1.29, 1.82) is 0 Å². The summed E-state index contributed by atoms with van der Waals surface area (Å²) in [7, 11) is -4.78. The van der Waals surface area contributed by atoms with Gasteiger partial charge < -0.3 is 30.1 Å². The average molecular weight is 473 g/mol. The van der Waals surface area contributed by atoms with Crippen LogP contribution in [0.5, 0.6) is 0 Å². The van der Waals surface area contributed by atoms with Crippen LogP contribution in [-0.2, 0) is 23.1 Å². The molecule has 0 aromatic heterocycles. The minimum atomic E-state index is -4.78. The molecule has 2 unspecified atom stereocenters. The smallest absolute Gasteiger partial charge is 0.463 e. The number of phosphoric acid groups is 1. The fourth-order valence-electron chi connectivity index (χ4n) is 2.74. The van der Waals surface area contributed by atoms with E-state index in [1.807, 2.05) is 0 Å². The van der Waals surface area contributed by atoms with Crippen molar-refractivity contribution in [1.82, 2.24) is 0 Å². The van der Waals surface area contributed by atoms with E-state index in [0.29, 0.717) is 6.42 Å². The SMILES string of the molecule is CCCCCCCCCCCCCC(=O)OC[C@@H](O)C(O)OP(=O)(O)OC[C@@H](O)CO. The van der Waals surface area contributed by atoms with Gasteiger partial charge in [0.1, 0.15) is 18.8 Å². The molecule has 0 rings (SSSR count). The third-order valence-corrected chi connectivity index (χ3v) is 5.57. The van der Waals surface area contributed by atoms with Crippen LogP contribution in [0.4, 0.5) is 0 Å². The zero-order valence-electron chi connectivity index (χ0n) is 18.6. The molecule has 0 radical (unpaired) electrons. The first-order valence-corrected chi connectivity index (χ1v) is 12.7. The normalized spacial score (nSPS) is 16.5. The third kappa shape index (κ3) is 18.7. The summed E-state index contributed by atoms with van der Waals surface area (Å²) in [5, 5.41) is 36.9. The van der Waals surface area contributed by atoms with Gasteiger partial charge in [0, 0.05) is 6.42 Å². The van der Waals surface area contributed by atoms with Gasteiger partial charge in [0.05, 0.1) is 13.2 Å². The van der Waals surface area contributed by atoms with Gasteiger partial charge >= 0.3 is 13.8 Å². The van der Waals surface area contributed by atoms with E-state index in [1.165, 1.54) is 44.9 Å². The Morgan fingerprint density at radius 1 is 0.871 bits per heavy atom. The van der Waals surface area contributed by atoms with Crippen LogP contribution >= 0.6 is 7.82 Å². The Bertz CT molecular complexity index is 491. The predicted molar refractivity (Wildman–Crippen MR) is 114 cm³/mol. The van der Waals surface area contributed by atoms with E-state index in [2.05, 4.69) is 16.0 Å². The third-order valence-electron chi connectivity index (χ3n) is 4.61. The zero-order chi connectivity index (χ0) is 23.5. The maximum atomic E-state index is 11.7. The number of ether oxygens (including phenoxy) is 1. The highest BCUT2D eigenvalue weighted by Crippen LogP contribution is 2.44. The van der Waals surface area contributed by atoms with Crippen molar-refractivity contribution in [3.63, 3.8) is 0 Å². The second-order valence-electron chi connectivity index (χ2n) is 7.63. The van der Waals surface area contributed by atoms with Crippen LogP contribution < -0.4 is 0 Å². The Morgan fingerprint density at radius 2 is 1.39 bits per heavy atom. The largest absolute Gasteiger partial charge is 0.474 e. The van der Waals surface area contributed by atoms with E-state index < -0.39 is 52.1 Å². The van der Waals surface area contributed by atoms with Crippen molar-refractivity contribution in [3.05, 3.63) is 0 Å². The second-order valence-corrected chi connectivity index (χ2v) is 9.04. The van der Waals surface area contributed by atoms with Crippen LogP contribution in [0.25, 0.3) is 0 Å². The van der Waals surface area contributed by atoms with Crippen LogP contribution in [0, 0.1) is 0 Å². The molecule has 0 aromatic rings. The molecule has 31 heavy (non-hydrogen) atoms. The molecule has 0 saturated carbocycles. The highest BCUT2D eigenvalue weighted by molar-refractivity contribution is 7.47. The Balaban J connectivity index is 3.76. The van der Waals surface area contributed by atoms with Gasteiger partial charge in [0.2, 0.25) is 0 Å². The number of aliphatic hydroxyl groups excluding tert-OH is 4. The lowest BCUT2D eigenvalue weighted by Gasteiger charge is -2.21. The van der Waals surface area contributed by atoms with Gasteiger partial charge in [0.25, 0.3) is 0 Å². The van der Waals surface area contributed by atoms with Crippen molar-refractivity contribution in [3.8, 4) is 0 Å². The molecule has 0 heterocycles. The van der Waals surface area contributed by atoms with Crippen LogP contribution in [0.15, 0.2) is 0 Å². The van der Waals surface area contributed by atoms with E-state index in [4.69, 9.17) is 14.9 Å². The Labute approximate surface area is 185 Å². The molecule has 0 aliphatic heterocycles. The Hall–Kier alpha value is -0.580. The van der Waals surface area contributed by atoms with E-state index in [9.17, 15) is 24.5 Å². The number of phosphoric ester groups is 1. The van der Waals surface area contributed by atoms with Crippen LogP contribution in [0.1, 0.15) is 84.0 Å². The number of carbonyl (C=O) groups is 1. The second kappa shape index (κ2) is 18.9. The average Bonchev–Trinajstić information content (AvgIpc) is 2.73. The number of carbonyl (C=O) groups excluding carboxylic acids is 1. The summed E-state index contributed by atoms with van der Waals surface area (Å²) < 4.78 is 25.0. The molecule has 0 amide bonds. The molecule has 0 spiro atoms. The summed E-state index contributed by atoms with van der Waals surface area (Å²) in [4.78, 5) is 21.1. The lowest BCUT2D eigenvalue weighted by molar-refractivity contribution is -0.161. The maximum absolute atomic E-state index is 11.7. The number of esters is 1. The summed E-state index contributed by atoms with van der Waals surface area (Å²) in [5.74, 6) is -0.545. The fraction of sp³-hybridized carbons (Fsp3) is 0.950. The summed E-state index contributed by atoms with van der Waals surface area (Å²) in [6.07, 6.45) is 7.58. The monoisotopic (exact) mass is 472 g/mol. The Morgan fingerprint density at radius 3 is 1.90 bits per heavy atom. The van der Waals surface area contributed by atoms with Crippen molar-refractivity contribution in [2.45, 2.75) is 102 Å². The minimum absolute atomic E-state index is 0.182. The summed E-state index contributed by atoms with van der Waals surface area (Å²) >= 11 is 0. The first kappa shape index (κ1) is 30.4. The molecular weight excluding hydrogens is 431 g/mol. The van der Waals surface area contributed by atoms with E-state index in [1.54, 1.807) is 0 Å². The lowest BCUT2D eigenvalue weighted by atomic mass is 10.1. The molecule has 186 valence electrons. The summed E-state index contributed by atoms with van der Waals surface area (Å²) in [5.41, 5.74) is 0. The van der Waals surface area contributed by atoms with Gasteiger partial charge in [0.15, 0.2) is 6.29 Å². The van der Waals surface area contributed by atoms with Crippen molar-refractivity contribution < 1.29 is 48.5 Å². The van der Waals surface area contributed by atoms with E-state index in [0.717, 1.165) is 19.3 Å². The molecule has 10 nitrogen and oxygen atoms in total. The summed E-state index contributed by atoms with van der Waals surface area (Å²) in [6, 6.07) is 0. The van der Waals surface area contributed by atoms with Crippen LogP contribution in [-0.4, -0.2) is 69.6 Å². The van der Waals surface area contributed by atoms with E-state index in [-0.39, 0.29) is 6.42 Å². The van der Waals surface area contributed by atoms with Gasteiger partial charge in [-0.1, -0.05) is 71.1 Å². The molecule has 0 aromatic carbocycles. The molecule has 0 fully saturated rings. The van der Waals surface area contributed by atoms with Crippen molar-refractivity contribution >= 4 is 13.8 Å². The van der Waals surface area contributed by atoms with Crippen LogP contribution in [0.3, 0.4) is 0 Å². The molecule has 0 saturated heterocycles. The zero-order valence-corrected chi connectivity index (χ0v) is 19.5. The van der Waals surface area contributed by atoms with Gasteiger partial charge in [-0.3, -0.25) is 13.8 Å². The first-order chi connectivity index (χ1) is 14.7. The molecule has 4 atom stereocenters. The Kier molecular flexibility index (Phi) is 18.6. The lowest BCUT2D eigenvalue weighted by Crippen LogP contribution is -2.33. The molecular formula is C20H41O10P. The van der Waals surface area contributed by atoms with Gasteiger partial charge in [-0.2, -0.15) is 0 Å². The standard InChI is InChI=1S/C20H41O10P/c1-2-3-4-5-6-7-8-9-10-11-12-13-19(24)28-16-18(23)20(25)30-31(26,27)29-15-17(22)14-21/h17-18,20-23,25H,2-16H2,1H3,(H,26,27)/t17-,18+,20?/m0/s1. The van der Waals surface area contributed by atoms with Crippen molar-refractivity contribution in [2.24, 2.45) is 0 Å². The summed E-state index contributed by atoms with van der Waals surface area (Å²) in [6.45, 7) is 0.191. The van der Waals surface area contributed by atoms with E-state index >= 15 is 0 Å². The molecule has 0 aliphatic carbocycles. The topological polar surface area (TPSA) is 163 Å². The first-order valence-electron chi connectivity index (χ1n) is 11.2. The minimum Gasteiger partial charge on any atom is -0.463 e. The fourth-order valence-corrected chi connectivity index (χ4v) is 3.57. The number of hydrogen-bond acceptors (Lipinski definition) is 9. The molecule has 11 heteroatoms. The van der Waals surface area contributed by atoms with Gasteiger partial charge in [-0.15, -0.1) is 0 Å². The predicted octanol–water partition coefficient (Wildman–Crippen LogP) is 2.40. The van der Waals surface area contributed by atoms with Gasteiger partial charge in [-0.05, 0) is 6.42 Å². The van der Waals surface area contributed by atoms with Crippen molar-refractivity contribution in [2.75, 3.05) is 19.8 Å². The van der Waals surface area contributed by atoms with Crippen LogP contribution in [0.2, 0.25) is 0 Å². The number of unbranched alkanes of at least 4 members (excludes halogenated alkanes) is 10. The highest BCUT2D eigenvalue weighted by Gasteiger charge is 2.31. The molecule has 5 N–H and O–H groups in total. The molecule has 0 bridgehead atoms. The van der Waals surface area contributed by atoms with Gasteiger partial charge in [-0.25, -0.2) is 4.57 Å². The number of aliphatic hydroxyl groups is 4. The quantitative estimate of drug-likeness (QED) is 0.0725. The number of hydrogen-bond donors (Lipinski definition) is 5. The highest BCUT2D eigenvalue weighted by atomic mass is 31.2. The number of rotatable bonds is 21. The molecule has 0 aliphatic rings. The maximum Gasteiger partial charge on any atom is 0.474 e.